The Morgan fingerprint density at radius 2 is 1.42 bits per heavy atom. The molecule has 0 N–H and O–H groups in total. The van der Waals surface area contributed by atoms with Crippen molar-refractivity contribution in [3.63, 3.8) is 0 Å². The van der Waals surface area contributed by atoms with Crippen molar-refractivity contribution in [3.8, 4) is 17.2 Å². The second kappa shape index (κ2) is 13.2. The lowest BCUT2D eigenvalue weighted by Gasteiger charge is -2.17. The standard InChI is InChI=1S/C36H26BrNO7/c37-27-12-8-25(9-13-27)36(42)45-30-16-10-24(11-17-30)32(39)22-43-35(41)26-20-34(40)38(21-26)28-14-18-29(19-15-28)44-33-7-3-5-23-4-1-2-6-31(23)33/h1-19,26H,20-22H2/t26-/m1/s1. The molecule has 5 aromatic carbocycles. The zero-order valence-electron chi connectivity index (χ0n) is 23.9. The normalized spacial score (nSPS) is 14.3. The van der Waals surface area contributed by atoms with E-state index in [1.807, 2.05) is 42.5 Å². The third kappa shape index (κ3) is 6.94. The van der Waals surface area contributed by atoms with E-state index in [1.54, 1.807) is 48.5 Å². The highest BCUT2D eigenvalue weighted by atomic mass is 79.9. The number of amides is 1. The first-order valence-electron chi connectivity index (χ1n) is 14.2. The van der Waals surface area contributed by atoms with Gasteiger partial charge < -0.3 is 19.1 Å². The Hall–Kier alpha value is -5.28. The number of Topliss-reactive ketones (excluding diaryl/α,β-unsaturated/α-hetero) is 1. The van der Waals surface area contributed by atoms with E-state index in [0.717, 1.165) is 21.0 Å². The van der Waals surface area contributed by atoms with Crippen molar-refractivity contribution in [3.05, 3.63) is 131 Å². The van der Waals surface area contributed by atoms with Crippen LogP contribution in [-0.4, -0.2) is 36.8 Å². The molecule has 0 aromatic heterocycles. The van der Waals surface area contributed by atoms with Crippen molar-refractivity contribution in [2.45, 2.75) is 6.42 Å². The Kier molecular flexibility index (Phi) is 8.70. The molecule has 8 nitrogen and oxygen atoms in total. The van der Waals surface area contributed by atoms with Crippen molar-refractivity contribution in [1.29, 1.82) is 0 Å². The average molecular weight is 665 g/mol. The van der Waals surface area contributed by atoms with Gasteiger partial charge in [-0.05, 0) is 84.2 Å². The number of rotatable bonds is 9. The SMILES string of the molecule is O=C(COC(=O)[C@@H]1CC(=O)N(c2ccc(Oc3cccc4ccccc34)cc2)C1)c1ccc(OC(=O)c2ccc(Br)cc2)cc1. The Labute approximate surface area is 267 Å². The van der Waals surface area contributed by atoms with Crippen LogP contribution in [-0.2, 0) is 14.3 Å². The maximum Gasteiger partial charge on any atom is 0.343 e. The van der Waals surface area contributed by atoms with Gasteiger partial charge in [-0.2, -0.15) is 0 Å². The maximum absolute atomic E-state index is 12.8. The summed E-state index contributed by atoms with van der Waals surface area (Å²) in [6.07, 6.45) is -0.0142. The van der Waals surface area contributed by atoms with E-state index in [0.29, 0.717) is 22.6 Å². The summed E-state index contributed by atoms with van der Waals surface area (Å²) in [6, 6.07) is 33.6. The van der Waals surface area contributed by atoms with Crippen LogP contribution in [0.3, 0.4) is 0 Å². The zero-order chi connectivity index (χ0) is 31.3. The summed E-state index contributed by atoms with van der Waals surface area (Å²) in [6.45, 7) is -0.324. The first kappa shape index (κ1) is 29.8. The quantitative estimate of drug-likeness (QED) is 0.0921. The second-order valence-corrected chi connectivity index (χ2v) is 11.3. The van der Waals surface area contributed by atoms with E-state index in [1.165, 1.54) is 29.2 Å². The Balaban J connectivity index is 1.00. The van der Waals surface area contributed by atoms with E-state index in [9.17, 15) is 19.2 Å². The molecule has 0 bridgehead atoms. The minimum Gasteiger partial charge on any atom is -0.457 e. The summed E-state index contributed by atoms with van der Waals surface area (Å²) in [5.41, 5.74) is 1.32. The Morgan fingerprint density at radius 3 is 2.18 bits per heavy atom. The van der Waals surface area contributed by atoms with Gasteiger partial charge in [-0.25, -0.2) is 4.79 Å². The molecule has 1 amide bonds. The molecule has 9 heteroatoms. The molecule has 1 saturated heterocycles. The number of fused-ring (bicyclic) bond motifs is 1. The molecule has 0 spiro atoms. The molecular formula is C36H26BrNO7. The zero-order valence-corrected chi connectivity index (χ0v) is 25.4. The van der Waals surface area contributed by atoms with Gasteiger partial charge in [0.25, 0.3) is 0 Å². The predicted molar refractivity (Wildman–Crippen MR) is 172 cm³/mol. The highest BCUT2D eigenvalue weighted by Crippen LogP contribution is 2.32. The lowest BCUT2D eigenvalue weighted by Crippen LogP contribution is -2.27. The third-order valence-corrected chi connectivity index (χ3v) is 7.93. The number of hydrogen-bond acceptors (Lipinski definition) is 7. The minimum absolute atomic E-state index is 0.0142. The van der Waals surface area contributed by atoms with Gasteiger partial charge in [0.15, 0.2) is 12.4 Å². The van der Waals surface area contributed by atoms with Crippen LogP contribution in [0.25, 0.3) is 10.8 Å². The molecule has 0 radical (unpaired) electrons. The number of hydrogen-bond donors (Lipinski definition) is 0. The number of benzene rings is 5. The molecule has 45 heavy (non-hydrogen) atoms. The van der Waals surface area contributed by atoms with Gasteiger partial charge in [-0.3, -0.25) is 14.4 Å². The van der Waals surface area contributed by atoms with Crippen LogP contribution < -0.4 is 14.4 Å². The predicted octanol–water partition coefficient (Wildman–Crippen LogP) is 7.39. The van der Waals surface area contributed by atoms with E-state index in [2.05, 4.69) is 15.9 Å². The minimum atomic E-state index is -0.697. The first-order chi connectivity index (χ1) is 21.8. The number of nitrogens with zero attached hydrogens (tertiary/aromatic N) is 1. The van der Waals surface area contributed by atoms with Gasteiger partial charge in [0.05, 0.1) is 11.5 Å². The molecule has 5 aromatic rings. The van der Waals surface area contributed by atoms with E-state index < -0.39 is 30.2 Å². The van der Waals surface area contributed by atoms with Crippen molar-refractivity contribution >= 4 is 56.0 Å². The molecule has 0 saturated carbocycles. The average Bonchev–Trinajstić information content (AvgIpc) is 3.46. The van der Waals surface area contributed by atoms with Gasteiger partial charge in [0.1, 0.15) is 17.2 Å². The van der Waals surface area contributed by atoms with Crippen LogP contribution in [0.2, 0.25) is 0 Å². The van der Waals surface area contributed by atoms with Crippen LogP contribution >= 0.6 is 15.9 Å². The molecule has 6 rings (SSSR count). The van der Waals surface area contributed by atoms with E-state index >= 15 is 0 Å². The Morgan fingerprint density at radius 1 is 0.756 bits per heavy atom. The highest BCUT2D eigenvalue weighted by molar-refractivity contribution is 9.10. The number of ether oxygens (including phenoxy) is 3. The molecule has 1 aliphatic rings. The summed E-state index contributed by atoms with van der Waals surface area (Å²) in [5, 5.41) is 2.07. The molecule has 224 valence electrons. The van der Waals surface area contributed by atoms with Gasteiger partial charge in [-0.1, -0.05) is 52.3 Å². The number of anilines is 1. The largest absolute Gasteiger partial charge is 0.457 e. The molecule has 1 atom stereocenters. The fraction of sp³-hybridized carbons (Fsp3) is 0.111. The number of carbonyl (C=O) groups excluding carboxylic acids is 4. The van der Waals surface area contributed by atoms with Crippen molar-refractivity contribution in [2.75, 3.05) is 18.1 Å². The smallest absolute Gasteiger partial charge is 0.343 e. The maximum atomic E-state index is 12.8. The molecule has 1 heterocycles. The van der Waals surface area contributed by atoms with E-state index in [4.69, 9.17) is 14.2 Å². The molecule has 0 aliphatic carbocycles. The lowest BCUT2D eigenvalue weighted by molar-refractivity contribution is -0.147. The monoisotopic (exact) mass is 663 g/mol. The van der Waals surface area contributed by atoms with Crippen LogP contribution in [0.1, 0.15) is 27.1 Å². The Bertz CT molecular complexity index is 1880. The van der Waals surface area contributed by atoms with Crippen LogP contribution in [0.5, 0.6) is 17.2 Å². The molecule has 1 fully saturated rings. The number of ketones is 1. The summed E-state index contributed by atoms with van der Waals surface area (Å²) in [5.74, 6) is -0.850. The van der Waals surface area contributed by atoms with Gasteiger partial charge in [0.2, 0.25) is 5.91 Å². The van der Waals surface area contributed by atoms with Crippen molar-refractivity contribution in [2.24, 2.45) is 5.92 Å². The van der Waals surface area contributed by atoms with Crippen LogP contribution in [0, 0.1) is 5.92 Å². The van der Waals surface area contributed by atoms with Crippen molar-refractivity contribution in [1.82, 2.24) is 0 Å². The number of esters is 2. The van der Waals surface area contributed by atoms with Gasteiger partial charge in [0, 0.05) is 34.1 Å². The summed E-state index contributed by atoms with van der Waals surface area (Å²) < 4.78 is 17.6. The summed E-state index contributed by atoms with van der Waals surface area (Å²) in [7, 11) is 0. The van der Waals surface area contributed by atoms with E-state index in [-0.39, 0.29) is 24.6 Å². The van der Waals surface area contributed by atoms with Crippen LogP contribution in [0.4, 0.5) is 5.69 Å². The molecule has 0 unspecified atom stereocenters. The van der Waals surface area contributed by atoms with Gasteiger partial charge >= 0.3 is 11.9 Å². The number of halogens is 1. The fourth-order valence-electron chi connectivity index (χ4n) is 5.02. The van der Waals surface area contributed by atoms with Crippen LogP contribution in [0.15, 0.2) is 120 Å². The third-order valence-electron chi connectivity index (χ3n) is 7.40. The van der Waals surface area contributed by atoms with Crippen molar-refractivity contribution < 1.29 is 33.4 Å². The lowest BCUT2D eigenvalue weighted by atomic mass is 10.1. The van der Waals surface area contributed by atoms with Gasteiger partial charge in [-0.15, -0.1) is 0 Å². The summed E-state index contributed by atoms with van der Waals surface area (Å²) in [4.78, 5) is 52.0. The topological polar surface area (TPSA) is 99.2 Å². The highest BCUT2D eigenvalue weighted by Gasteiger charge is 2.36. The molecular weight excluding hydrogens is 638 g/mol. The second-order valence-electron chi connectivity index (χ2n) is 10.4. The molecule has 1 aliphatic heterocycles. The summed E-state index contributed by atoms with van der Waals surface area (Å²) >= 11 is 3.32. The fourth-order valence-corrected chi connectivity index (χ4v) is 5.28. The number of carbonyl (C=O) groups is 4. The first-order valence-corrected chi connectivity index (χ1v) is 15.0.